The second-order valence-electron chi connectivity index (χ2n) is 9.44. The van der Waals surface area contributed by atoms with Gasteiger partial charge in [0.25, 0.3) is 0 Å². The molecule has 0 N–H and O–H groups in total. The number of hydrogen-bond donors (Lipinski definition) is 0. The van der Waals surface area contributed by atoms with E-state index in [4.69, 9.17) is 4.74 Å². The van der Waals surface area contributed by atoms with Crippen LogP contribution in [0.15, 0.2) is 60.7 Å². The minimum absolute atomic E-state index is 0.0601. The largest absolute Gasteiger partial charge is 0.464 e. The Balaban J connectivity index is 1.43. The fourth-order valence-corrected chi connectivity index (χ4v) is 4.57. The van der Waals surface area contributed by atoms with Crippen molar-refractivity contribution in [2.24, 2.45) is 11.8 Å². The van der Waals surface area contributed by atoms with Crippen LogP contribution in [-0.4, -0.2) is 70.0 Å². The third-order valence-corrected chi connectivity index (χ3v) is 6.94. The molecule has 2 aliphatic heterocycles. The van der Waals surface area contributed by atoms with Crippen LogP contribution >= 0.6 is 0 Å². The first kappa shape index (κ1) is 26.7. The smallest absolute Gasteiger partial charge is 0.334 e. The van der Waals surface area contributed by atoms with E-state index in [1.54, 1.807) is 74.5 Å². The Morgan fingerprint density at radius 3 is 1.89 bits per heavy atom. The molecule has 6 amide bonds. The average Bonchev–Trinajstić information content (AvgIpc) is 3.10. The van der Waals surface area contributed by atoms with E-state index in [9.17, 15) is 28.8 Å². The van der Waals surface area contributed by atoms with Crippen LogP contribution in [0.5, 0.6) is 0 Å². The van der Waals surface area contributed by atoms with Gasteiger partial charge in [0.15, 0.2) is 0 Å². The molecule has 0 saturated carbocycles. The van der Waals surface area contributed by atoms with Crippen LogP contribution < -0.4 is 0 Å². The van der Waals surface area contributed by atoms with Crippen LogP contribution in [-0.2, 0) is 35.3 Å². The Morgan fingerprint density at radius 2 is 1.29 bits per heavy atom. The Bertz CT molecular complexity index is 1230. The summed E-state index contributed by atoms with van der Waals surface area (Å²) in [7, 11) is 0. The lowest BCUT2D eigenvalue weighted by atomic mass is 9.94. The quantitative estimate of drug-likeness (QED) is 0.216. The topological polar surface area (TPSA) is 121 Å². The van der Waals surface area contributed by atoms with Gasteiger partial charge < -0.3 is 4.74 Å². The molecule has 0 spiro atoms. The van der Waals surface area contributed by atoms with Crippen molar-refractivity contribution < 1.29 is 33.5 Å². The van der Waals surface area contributed by atoms with Crippen LogP contribution in [0.1, 0.15) is 37.3 Å². The first-order valence-electron chi connectivity index (χ1n) is 12.5. The van der Waals surface area contributed by atoms with Crippen molar-refractivity contribution in [3.05, 3.63) is 71.8 Å². The van der Waals surface area contributed by atoms with Crippen molar-refractivity contribution in [3.8, 4) is 0 Å². The number of benzene rings is 2. The highest BCUT2D eigenvalue weighted by atomic mass is 16.5. The lowest BCUT2D eigenvalue weighted by Crippen LogP contribution is -2.59. The zero-order valence-corrected chi connectivity index (χ0v) is 21.2. The highest BCUT2D eigenvalue weighted by Crippen LogP contribution is 2.28. The summed E-state index contributed by atoms with van der Waals surface area (Å²) >= 11 is 0. The van der Waals surface area contributed by atoms with Crippen molar-refractivity contribution in [2.75, 3.05) is 19.7 Å². The Labute approximate surface area is 220 Å². The molecule has 2 aromatic rings. The molecule has 2 aliphatic rings. The molecule has 2 aromatic carbocycles. The van der Waals surface area contributed by atoms with Gasteiger partial charge in [-0.1, -0.05) is 74.5 Å². The summed E-state index contributed by atoms with van der Waals surface area (Å²) in [5.41, 5.74) is 1.10. The maximum Gasteiger partial charge on any atom is 0.334 e. The number of carbonyl (C=O) groups excluding carboxylic acids is 6. The van der Waals surface area contributed by atoms with Crippen molar-refractivity contribution in [1.29, 1.82) is 0 Å². The Hall–Kier alpha value is -4.34. The number of amides is 6. The predicted molar refractivity (Wildman–Crippen MR) is 134 cm³/mol. The molecule has 10 heteroatoms. The van der Waals surface area contributed by atoms with E-state index in [1.807, 2.05) is 0 Å². The van der Waals surface area contributed by atoms with Gasteiger partial charge in [0.1, 0.15) is 12.5 Å². The van der Waals surface area contributed by atoms with Gasteiger partial charge in [0, 0.05) is 18.4 Å². The summed E-state index contributed by atoms with van der Waals surface area (Å²) in [4.78, 5) is 79.7. The van der Waals surface area contributed by atoms with Crippen molar-refractivity contribution in [2.45, 2.75) is 32.7 Å². The van der Waals surface area contributed by atoms with Gasteiger partial charge in [-0.15, -0.1) is 0 Å². The number of carbonyl (C=O) groups is 6. The zero-order chi connectivity index (χ0) is 27.4. The minimum Gasteiger partial charge on any atom is -0.464 e. The lowest BCUT2D eigenvalue weighted by Gasteiger charge is -2.36. The van der Waals surface area contributed by atoms with Crippen molar-refractivity contribution >= 4 is 35.6 Å². The molecule has 0 aliphatic carbocycles. The number of imide groups is 3. The highest BCUT2D eigenvalue weighted by Gasteiger charge is 2.47. The summed E-state index contributed by atoms with van der Waals surface area (Å²) < 4.78 is 5.21. The third kappa shape index (κ3) is 5.34. The van der Waals surface area contributed by atoms with E-state index in [0.717, 1.165) is 9.80 Å². The number of nitrogens with zero attached hydrogens (tertiary/aromatic N) is 3. The number of likely N-dealkylation sites (tertiary alicyclic amines) is 1. The molecule has 4 rings (SSSR count). The van der Waals surface area contributed by atoms with E-state index < -0.39 is 36.3 Å². The maximum absolute atomic E-state index is 13.3. The van der Waals surface area contributed by atoms with E-state index in [2.05, 4.69) is 0 Å². The number of rotatable bonds is 9. The summed E-state index contributed by atoms with van der Waals surface area (Å²) in [5.74, 6) is -4.87. The van der Waals surface area contributed by atoms with Crippen molar-refractivity contribution in [1.82, 2.24) is 14.7 Å². The molecule has 198 valence electrons. The van der Waals surface area contributed by atoms with Gasteiger partial charge in [-0.25, -0.2) is 4.79 Å². The molecule has 38 heavy (non-hydrogen) atoms. The molecule has 3 atom stereocenters. The second kappa shape index (κ2) is 11.4. The zero-order valence-electron chi connectivity index (χ0n) is 21.2. The van der Waals surface area contributed by atoms with Gasteiger partial charge in [-0.05, 0) is 17.5 Å². The fraction of sp³-hybridized carbons (Fsp3) is 0.357. The number of barbiturate groups is 1. The standard InChI is InChI=1S/C28H29N3O7/c1-18-19(2)25(34)29(24(18)33)14-9-15-38-22(32)17-31-27(36)23(21-12-7-4-8-13-21)26(35)30(28(31)37)16-20-10-5-3-6-11-20/h3-8,10-13,18-19,23H,9,14-17H2,1-2H3. The van der Waals surface area contributed by atoms with Gasteiger partial charge in [0.2, 0.25) is 23.6 Å². The first-order chi connectivity index (χ1) is 18.2. The Kier molecular flexibility index (Phi) is 7.99. The minimum atomic E-state index is -1.28. The van der Waals surface area contributed by atoms with Gasteiger partial charge in [-0.3, -0.25) is 38.7 Å². The monoisotopic (exact) mass is 519 g/mol. The maximum atomic E-state index is 13.3. The van der Waals surface area contributed by atoms with Gasteiger partial charge in [0.05, 0.1) is 13.2 Å². The van der Waals surface area contributed by atoms with Crippen molar-refractivity contribution in [3.63, 3.8) is 0 Å². The molecular weight excluding hydrogens is 490 g/mol. The second-order valence-corrected chi connectivity index (χ2v) is 9.44. The molecule has 3 unspecified atom stereocenters. The number of esters is 1. The molecule has 0 bridgehead atoms. The summed E-state index contributed by atoms with van der Waals surface area (Å²) in [6.07, 6.45) is 0.218. The molecule has 0 aromatic heterocycles. The third-order valence-electron chi connectivity index (χ3n) is 6.94. The highest BCUT2D eigenvalue weighted by molar-refractivity contribution is 6.20. The van der Waals surface area contributed by atoms with Crippen LogP contribution in [0.4, 0.5) is 4.79 Å². The molecule has 2 heterocycles. The van der Waals surface area contributed by atoms with E-state index in [1.165, 1.54) is 4.90 Å². The van der Waals surface area contributed by atoms with E-state index >= 15 is 0 Å². The predicted octanol–water partition coefficient (Wildman–Crippen LogP) is 2.34. The molecule has 0 radical (unpaired) electrons. The van der Waals surface area contributed by atoms with Crippen LogP contribution in [0, 0.1) is 11.8 Å². The molecule has 2 saturated heterocycles. The van der Waals surface area contributed by atoms with E-state index in [0.29, 0.717) is 11.1 Å². The van der Waals surface area contributed by atoms with Gasteiger partial charge >= 0.3 is 12.0 Å². The summed E-state index contributed by atoms with van der Waals surface area (Å²) in [6.45, 7) is 2.67. The number of ether oxygens (including phenoxy) is 1. The number of urea groups is 1. The fourth-order valence-electron chi connectivity index (χ4n) is 4.57. The lowest BCUT2D eigenvalue weighted by molar-refractivity contribution is -0.153. The first-order valence-corrected chi connectivity index (χ1v) is 12.5. The average molecular weight is 520 g/mol. The molecule has 10 nitrogen and oxygen atoms in total. The normalized spacial score (nSPS) is 21.9. The molecular formula is C28H29N3O7. The van der Waals surface area contributed by atoms with E-state index in [-0.39, 0.29) is 49.8 Å². The molecule has 2 fully saturated rings. The van der Waals surface area contributed by atoms with Crippen LogP contribution in [0.25, 0.3) is 0 Å². The Morgan fingerprint density at radius 1 is 0.737 bits per heavy atom. The number of hydrogen-bond acceptors (Lipinski definition) is 7. The van der Waals surface area contributed by atoms with Crippen LogP contribution in [0.3, 0.4) is 0 Å². The van der Waals surface area contributed by atoms with Crippen LogP contribution in [0.2, 0.25) is 0 Å². The SMILES string of the molecule is CC1C(=O)N(CCCOC(=O)CN2C(=O)C(c3ccccc3)C(=O)N(Cc3ccccc3)C2=O)C(=O)C1C. The summed E-state index contributed by atoms with van der Waals surface area (Å²) in [5, 5.41) is 0. The van der Waals surface area contributed by atoms with Gasteiger partial charge in [-0.2, -0.15) is 0 Å². The summed E-state index contributed by atoms with van der Waals surface area (Å²) in [6, 6.07) is 16.3.